The molecule has 0 fully saturated rings. The Labute approximate surface area is 224 Å². The maximum atomic E-state index is 13.5. The molecule has 0 radical (unpaired) electrons. The molecule has 210 valence electrons. The first-order valence-electron chi connectivity index (χ1n) is 13.3. The molecule has 2 rings (SSSR count). The van der Waals surface area contributed by atoms with E-state index in [1.54, 1.807) is 6.20 Å². The van der Waals surface area contributed by atoms with Gasteiger partial charge in [0.05, 0.1) is 6.04 Å². The number of benzene rings is 1. The molecule has 5 unspecified atom stereocenters. The molecule has 1 aromatic carbocycles. The Morgan fingerprint density at radius 2 is 1.55 bits per heavy atom. The van der Waals surface area contributed by atoms with Gasteiger partial charge in [-0.2, -0.15) is 0 Å². The molecule has 1 aromatic heterocycles. The van der Waals surface area contributed by atoms with Crippen LogP contribution in [0, 0.1) is 17.8 Å². The Hall–Kier alpha value is -3.40. The zero-order chi connectivity index (χ0) is 28.6. The Morgan fingerprint density at radius 1 is 0.921 bits per heavy atom. The van der Waals surface area contributed by atoms with Gasteiger partial charge in [-0.25, -0.2) is 4.79 Å². The smallest absolute Gasteiger partial charge is 0.326 e. The van der Waals surface area contributed by atoms with Crippen LogP contribution in [0.4, 0.5) is 0 Å². The van der Waals surface area contributed by atoms with Gasteiger partial charge < -0.3 is 31.8 Å². The minimum absolute atomic E-state index is 0.0354. The monoisotopic (exact) mass is 529 g/mol. The van der Waals surface area contributed by atoms with Crippen molar-refractivity contribution in [3.63, 3.8) is 0 Å². The molecular weight excluding hydrogens is 486 g/mol. The van der Waals surface area contributed by atoms with E-state index in [1.807, 2.05) is 65.8 Å². The van der Waals surface area contributed by atoms with Gasteiger partial charge in [-0.3, -0.25) is 14.4 Å². The summed E-state index contributed by atoms with van der Waals surface area (Å²) in [5, 5.41) is 18.7. The van der Waals surface area contributed by atoms with E-state index in [2.05, 4.69) is 20.9 Å². The normalized spacial score (nSPS) is 15.5. The van der Waals surface area contributed by atoms with Crippen LogP contribution in [0.15, 0.2) is 30.5 Å². The number of nitrogens with two attached hydrogens (primary N) is 1. The number of carbonyl (C=O) groups excluding carboxylic acids is 3. The largest absolute Gasteiger partial charge is 0.480 e. The number of hydrogen-bond acceptors (Lipinski definition) is 5. The number of amides is 3. The van der Waals surface area contributed by atoms with E-state index < -0.39 is 47.9 Å². The van der Waals surface area contributed by atoms with Crippen molar-refractivity contribution in [1.82, 2.24) is 20.9 Å². The molecule has 10 nitrogen and oxygen atoms in total. The van der Waals surface area contributed by atoms with Crippen LogP contribution in [0.1, 0.15) is 59.9 Å². The van der Waals surface area contributed by atoms with Crippen LogP contribution in [0.3, 0.4) is 0 Å². The van der Waals surface area contributed by atoms with E-state index in [4.69, 9.17) is 5.73 Å². The average molecular weight is 530 g/mol. The van der Waals surface area contributed by atoms with E-state index in [1.165, 1.54) is 0 Å². The minimum Gasteiger partial charge on any atom is -0.480 e. The van der Waals surface area contributed by atoms with Crippen LogP contribution >= 0.6 is 0 Å². The van der Waals surface area contributed by atoms with Gasteiger partial charge in [-0.15, -0.1) is 0 Å². The number of aliphatic carboxylic acids is 1. The van der Waals surface area contributed by atoms with Crippen molar-refractivity contribution in [1.29, 1.82) is 0 Å². The highest BCUT2D eigenvalue weighted by Gasteiger charge is 2.33. The van der Waals surface area contributed by atoms with Crippen molar-refractivity contribution < 1.29 is 24.3 Å². The molecule has 10 heteroatoms. The standard InChI is InChI=1S/C28H43N5O5/c1-7-17(6)24(33-26(35)23(29)16(4)5)27(36)31-21(25(34)32-22(28(37)38)12-15(2)3)13-18-14-30-20-11-9-8-10-19(18)20/h8-11,14-17,21-24,30H,7,12-13,29H2,1-6H3,(H,31,36)(H,32,34)(H,33,35)(H,37,38). The van der Waals surface area contributed by atoms with Crippen LogP contribution in [0.25, 0.3) is 10.9 Å². The number of carbonyl (C=O) groups is 4. The molecule has 0 saturated carbocycles. The fraction of sp³-hybridized carbons (Fsp3) is 0.571. The molecule has 0 aliphatic carbocycles. The Bertz CT molecular complexity index is 1110. The van der Waals surface area contributed by atoms with Crippen LogP contribution in [0.2, 0.25) is 0 Å². The summed E-state index contributed by atoms with van der Waals surface area (Å²) in [5.41, 5.74) is 7.67. The fourth-order valence-electron chi connectivity index (χ4n) is 4.21. The first-order valence-corrected chi connectivity index (χ1v) is 13.3. The molecule has 0 spiro atoms. The van der Waals surface area contributed by atoms with E-state index in [9.17, 15) is 24.3 Å². The number of carboxylic acids is 1. The van der Waals surface area contributed by atoms with Crippen molar-refractivity contribution in [2.75, 3.05) is 0 Å². The maximum Gasteiger partial charge on any atom is 0.326 e. The van der Waals surface area contributed by atoms with Gasteiger partial charge in [0.2, 0.25) is 17.7 Å². The fourth-order valence-corrected chi connectivity index (χ4v) is 4.21. The van der Waals surface area contributed by atoms with Gasteiger partial charge in [0.25, 0.3) is 0 Å². The third-order valence-electron chi connectivity index (χ3n) is 6.87. The van der Waals surface area contributed by atoms with Crippen LogP contribution in [-0.2, 0) is 25.6 Å². The number of carboxylic acid groups (broad SMARTS) is 1. The SMILES string of the molecule is CCC(C)C(NC(=O)C(N)C(C)C)C(=O)NC(Cc1c[nH]c2ccccc12)C(=O)NC(CC(C)C)C(=O)O. The van der Waals surface area contributed by atoms with Gasteiger partial charge >= 0.3 is 5.97 Å². The molecule has 38 heavy (non-hydrogen) atoms. The molecule has 5 atom stereocenters. The quantitative estimate of drug-likeness (QED) is 0.220. The molecule has 0 aliphatic rings. The van der Waals surface area contributed by atoms with Gasteiger partial charge in [-0.05, 0) is 35.8 Å². The lowest BCUT2D eigenvalue weighted by Gasteiger charge is -2.28. The summed E-state index contributed by atoms with van der Waals surface area (Å²) in [4.78, 5) is 54.6. The summed E-state index contributed by atoms with van der Waals surface area (Å²) in [5.74, 6) is -3.04. The van der Waals surface area contributed by atoms with Crippen LogP contribution in [-0.4, -0.2) is 57.9 Å². The van der Waals surface area contributed by atoms with Crippen molar-refractivity contribution in [3.05, 3.63) is 36.0 Å². The van der Waals surface area contributed by atoms with Crippen molar-refractivity contribution in [3.8, 4) is 0 Å². The summed E-state index contributed by atoms with van der Waals surface area (Å²) in [6, 6.07) is 3.71. The second kappa shape index (κ2) is 13.9. The molecule has 7 N–H and O–H groups in total. The Morgan fingerprint density at radius 3 is 2.13 bits per heavy atom. The molecule has 0 aliphatic heterocycles. The van der Waals surface area contributed by atoms with Crippen LogP contribution < -0.4 is 21.7 Å². The predicted molar refractivity (Wildman–Crippen MR) is 147 cm³/mol. The number of aromatic amines is 1. The number of rotatable bonds is 14. The lowest BCUT2D eigenvalue weighted by atomic mass is 9.95. The topological polar surface area (TPSA) is 166 Å². The first kappa shape index (κ1) is 30.8. The van der Waals surface area contributed by atoms with Crippen LogP contribution in [0.5, 0.6) is 0 Å². The second-order valence-electron chi connectivity index (χ2n) is 10.8. The molecule has 0 bridgehead atoms. The van der Waals surface area contributed by atoms with E-state index in [0.29, 0.717) is 6.42 Å². The van der Waals surface area contributed by atoms with Gasteiger partial charge in [0.15, 0.2) is 0 Å². The van der Waals surface area contributed by atoms with E-state index in [0.717, 1.165) is 16.5 Å². The summed E-state index contributed by atoms with van der Waals surface area (Å²) in [7, 11) is 0. The maximum absolute atomic E-state index is 13.5. The number of H-pyrrole nitrogens is 1. The van der Waals surface area contributed by atoms with Gasteiger partial charge in [0.1, 0.15) is 18.1 Å². The third-order valence-corrected chi connectivity index (χ3v) is 6.87. The number of fused-ring (bicyclic) bond motifs is 1. The Kier molecular flexibility index (Phi) is 11.3. The molecule has 1 heterocycles. The minimum atomic E-state index is -1.14. The van der Waals surface area contributed by atoms with Gasteiger partial charge in [0, 0.05) is 23.5 Å². The highest BCUT2D eigenvalue weighted by Crippen LogP contribution is 2.20. The van der Waals surface area contributed by atoms with E-state index >= 15 is 0 Å². The number of hydrogen-bond donors (Lipinski definition) is 6. The highest BCUT2D eigenvalue weighted by molar-refractivity contribution is 5.95. The zero-order valence-corrected chi connectivity index (χ0v) is 23.2. The second-order valence-corrected chi connectivity index (χ2v) is 10.8. The first-order chi connectivity index (χ1) is 17.8. The lowest BCUT2D eigenvalue weighted by molar-refractivity contribution is -0.142. The molecular formula is C28H43N5O5. The van der Waals surface area contributed by atoms with Crippen molar-refractivity contribution in [2.45, 2.75) is 85.0 Å². The molecule has 2 aromatic rings. The number of para-hydroxylation sites is 1. The number of nitrogens with one attached hydrogen (secondary N) is 4. The Balaban J connectivity index is 2.35. The summed E-state index contributed by atoms with van der Waals surface area (Å²) in [6.07, 6.45) is 2.75. The number of aromatic nitrogens is 1. The highest BCUT2D eigenvalue weighted by atomic mass is 16.4. The summed E-state index contributed by atoms with van der Waals surface area (Å²) in [6.45, 7) is 11.1. The van der Waals surface area contributed by atoms with Crippen molar-refractivity contribution in [2.24, 2.45) is 23.5 Å². The summed E-state index contributed by atoms with van der Waals surface area (Å²) < 4.78 is 0. The predicted octanol–water partition coefficient (Wildman–Crippen LogP) is 2.32. The molecule has 0 saturated heterocycles. The lowest BCUT2D eigenvalue weighted by Crippen LogP contribution is -2.59. The zero-order valence-electron chi connectivity index (χ0n) is 23.2. The molecule has 3 amide bonds. The third kappa shape index (κ3) is 8.31. The summed E-state index contributed by atoms with van der Waals surface area (Å²) >= 11 is 0. The van der Waals surface area contributed by atoms with Crippen molar-refractivity contribution >= 4 is 34.6 Å². The van der Waals surface area contributed by atoms with E-state index in [-0.39, 0.29) is 30.6 Å². The average Bonchev–Trinajstić information content (AvgIpc) is 3.27. The van der Waals surface area contributed by atoms with Gasteiger partial charge in [-0.1, -0.05) is 66.2 Å².